The maximum atomic E-state index is 5.83. The van der Waals surface area contributed by atoms with Crippen LogP contribution in [0.5, 0.6) is 0 Å². The van der Waals surface area contributed by atoms with Crippen LogP contribution in [0.15, 0.2) is 12.1 Å². The lowest BCUT2D eigenvalue weighted by molar-refractivity contribution is 0.515. The fourth-order valence-electron chi connectivity index (χ4n) is 2.45. The minimum absolute atomic E-state index is 0.358. The number of aromatic nitrogens is 5. The summed E-state index contributed by atoms with van der Waals surface area (Å²) < 4.78 is 1.45. The molecule has 3 rings (SSSR count). The van der Waals surface area contributed by atoms with E-state index >= 15 is 0 Å². The van der Waals surface area contributed by atoms with Crippen LogP contribution in [0.2, 0.25) is 0 Å². The third-order valence-electron chi connectivity index (χ3n) is 3.47. The van der Waals surface area contributed by atoms with E-state index in [1.54, 1.807) is 0 Å². The summed E-state index contributed by atoms with van der Waals surface area (Å²) in [6.45, 7) is 3.87. The number of nitrogens with two attached hydrogens (primary N) is 1. The van der Waals surface area contributed by atoms with E-state index in [2.05, 4.69) is 32.4 Å². The first-order valence-electron chi connectivity index (χ1n) is 5.81. The van der Waals surface area contributed by atoms with E-state index in [4.69, 9.17) is 5.73 Å². The molecule has 0 aliphatic carbocycles. The highest BCUT2D eigenvalue weighted by atomic mass is 15.6. The molecule has 1 saturated heterocycles. The highest BCUT2D eigenvalue weighted by molar-refractivity contribution is 5.46. The molecule has 0 amide bonds. The molecule has 1 aliphatic heterocycles. The molecule has 17 heavy (non-hydrogen) atoms. The Morgan fingerprint density at radius 2 is 2.35 bits per heavy atom. The van der Waals surface area contributed by atoms with Gasteiger partial charge in [0, 0.05) is 19.1 Å². The number of hydrogen-bond donors (Lipinski definition) is 1. The largest absolute Gasteiger partial charge is 0.351 e. The molecule has 0 saturated carbocycles. The van der Waals surface area contributed by atoms with Crippen molar-refractivity contribution in [2.45, 2.75) is 19.4 Å². The highest BCUT2D eigenvalue weighted by Gasteiger charge is 2.31. The van der Waals surface area contributed by atoms with Crippen molar-refractivity contribution < 1.29 is 0 Å². The summed E-state index contributed by atoms with van der Waals surface area (Å²) in [4.78, 5) is 2.24. The van der Waals surface area contributed by atoms with Gasteiger partial charge in [-0.2, -0.15) is 0 Å². The van der Waals surface area contributed by atoms with Crippen molar-refractivity contribution in [1.82, 2.24) is 25.3 Å². The van der Waals surface area contributed by atoms with E-state index in [0.29, 0.717) is 24.2 Å². The van der Waals surface area contributed by atoms with E-state index in [9.17, 15) is 0 Å². The predicted octanol–water partition coefficient (Wildman–Crippen LogP) is -0.307. The van der Waals surface area contributed by atoms with Crippen molar-refractivity contribution in [2.75, 3.05) is 18.0 Å². The van der Waals surface area contributed by atoms with Crippen molar-refractivity contribution in [2.24, 2.45) is 11.7 Å². The summed E-state index contributed by atoms with van der Waals surface area (Å²) in [5.74, 6) is 1.50. The Balaban J connectivity index is 1.97. The Morgan fingerprint density at radius 1 is 1.47 bits per heavy atom. The standard InChI is InChI=1S/C10H15N7/c1-7-4-5-16(8(7)6-11)10-3-2-9-12-14-15-17(9)13-10/h2-3,7-8H,4-6,11H2,1H3. The Morgan fingerprint density at radius 3 is 3.18 bits per heavy atom. The number of fused-ring (bicyclic) bond motifs is 1. The van der Waals surface area contributed by atoms with Crippen LogP contribution in [0.4, 0.5) is 5.82 Å². The third kappa shape index (κ3) is 1.62. The van der Waals surface area contributed by atoms with Crippen molar-refractivity contribution in [3.63, 3.8) is 0 Å². The predicted molar refractivity (Wildman–Crippen MR) is 62.5 cm³/mol. The van der Waals surface area contributed by atoms with Crippen LogP contribution in [-0.4, -0.2) is 44.4 Å². The van der Waals surface area contributed by atoms with Gasteiger partial charge in [0.2, 0.25) is 0 Å². The lowest BCUT2D eigenvalue weighted by atomic mass is 10.0. The number of rotatable bonds is 2. The van der Waals surface area contributed by atoms with Gasteiger partial charge >= 0.3 is 0 Å². The smallest absolute Gasteiger partial charge is 0.200 e. The van der Waals surface area contributed by atoms with Crippen LogP contribution in [0.25, 0.3) is 5.65 Å². The summed E-state index contributed by atoms with van der Waals surface area (Å²) in [6, 6.07) is 4.18. The van der Waals surface area contributed by atoms with Crippen molar-refractivity contribution >= 4 is 11.5 Å². The van der Waals surface area contributed by atoms with Crippen LogP contribution in [0, 0.1) is 5.92 Å². The van der Waals surface area contributed by atoms with Crippen LogP contribution in [-0.2, 0) is 0 Å². The second-order valence-electron chi connectivity index (χ2n) is 4.48. The van der Waals surface area contributed by atoms with Gasteiger partial charge in [-0.15, -0.1) is 14.8 Å². The molecule has 2 aromatic rings. The molecule has 2 atom stereocenters. The van der Waals surface area contributed by atoms with Crippen LogP contribution < -0.4 is 10.6 Å². The molecule has 0 aromatic carbocycles. The van der Waals surface area contributed by atoms with Crippen LogP contribution in [0.3, 0.4) is 0 Å². The maximum Gasteiger partial charge on any atom is 0.200 e. The van der Waals surface area contributed by atoms with Gasteiger partial charge in [-0.3, -0.25) is 0 Å². The van der Waals surface area contributed by atoms with E-state index in [1.165, 1.54) is 4.63 Å². The molecule has 0 bridgehead atoms. The number of hydrogen-bond acceptors (Lipinski definition) is 6. The van der Waals surface area contributed by atoms with Gasteiger partial charge in [-0.1, -0.05) is 6.92 Å². The van der Waals surface area contributed by atoms with Gasteiger partial charge in [-0.05, 0) is 34.9 Å². The summed E-state index contributed by atoms with van der Waals surface area (Å²) >= 11 is 0. The van der Waals surface area contributed by atoms with Crippen molar-refractivity contribution in [3.05, 3.63) is 12.1 Å². The SMILES string of the molecule is CC1CCN(c2ccc3nnnn3n2)C1CN. The summed E-state index contributed by atoms with van der Waals surface area (Å²) in [6.07, 6.45) is 1.15. The lowest BCUT2D eigenvalue weighted by Crippen LogP contribution is -2.39. The molecule has 7 heteroatoms. The first-order chi connectivity index (χ1) is 8.29. The van der Waals surface area contributed by atoms with Gasteiger partial charge in [0.1, 0.15) is 0 Å². The van der Waals surface area contributed by atoms with E-state index < -0.39 is 0 Å². The van der Waals surface area contributed by atoms with Gasteiger partial charge in [0.25, 0.3) is 0 Å². The molecule has 2 unspecified atom stereocenters. The van der Waals surface area contributed by atoms with E-state index in [1.807, 2.05) is 12.1 Å². The zero-order chi connectivity index (χ0) is 11.8. The third-order valence-corrected chi connectivity index (χ3v) is 3.47. The van der Waals surface area contributed by atoms with Gasteiger partial charge in [0.15, 0.2) is 11.5 Å². The highest BCUT2D eigenvalue weighted by Crippen LogP contribution is 2.27. The first kappa shape index (κ1) is 10.4. The second-order valence-corrected chi connectivity index (χ2v) is 4.48. The fraction of sp³-hybridized carbons (Fsp3) is 0.600. The fourth-order valence-corrected chi connectivity index (χ4v) is 2.45. The van der Waals surface area contributed by atoms with E-state index in [0.717, 1.165) is 18.8 Å². The van der Waals surface area contributed by atoms with Gasteiger partial charge in [-0.25, -0.2) is 0 Å². The van der Waals surface area contributed by atoms with Crippen molar-refractivity contribution in [3.8, 4) is 0 Å². The molecular weight excluding hydrogens is 218 g/mol. The lowest BCUT2D eigenvalue weighted by Gasteiger charge is -2.26. The van der Waals surface area contributed by atoms with Gasteiger partial charge < -0.3 is 10.6 Å². The zero-order valence-electron chi connectivity index (χ0n) is 9.69. The number of tetrazole rings is 1. The zero-order valence-corrected chi connectivity index (χ0v) is 9.69. The molecule has 1 fully saturated rings. The molecule has 2 aromatic heterocycles. The Kier molecular flexibility index (Phi) is 2.40. The minimum Gasteiger partial charge on any atom is -0.351 e. The van der Waals surface area contributed by atoms with Gasteiger partial charge in [0.05, 0.1) is 0 Å². The summed E-state index contributed by atoms with van der Waals surface area (Å²) in [5.41, 5.74) is 6.49. The molecule has 2 N–H and O–H groups in total. The quantitative estimate of drug-likeness (QED) is 0.766. The normalized spacial score (nSPS) is 24.7. The first-order valence-corrected chi connectivity index (χ1v) is 5.81. The Bertz CT molecular complexity index is 522. The molecule has 0 spiro atoms. The number of anilines is 1. The molecular formula is C10H15N7. The average Bonchev–Trinajstić information content (AvgIpc) is 2.93. The molecule has 1 aliphatic rings. The molecule has 0 radical (unpaired) electrons. The minimum atomic E-state index is 0.358. The number of nitrogens with zero attached hydrogens (tertiary/aromatic N) is 6. The Hall–Kier alpha value is -1.76. The second kappa shape index (κ2) is 3.92. The molecule has 90 valence electrons. The van der Waals surface area contributed by atoms with Crippen LogP contribution in [0.1, 0.15) is 13.3 Å². The molecule has 3 heterocycles. The average molecular weight is 233 g/mol. The summed E-state index contributed by atoms with van der Waals surface area (Å²) in [5, 5.41) is 15.6. The van der Waals surface area contributed by atoms with Crippen molar-refractivity contribution in [1.29, 1.82) is 0 Å². The topological polar surface area (TPSA) is 85.2 Å². The van der Waals surface area contributed by atoms with Crippen LogP contribution >= 0.6 is 0 Å². The molecule has 7 nitrogen and oxygen atoms in total. The maximum absolute atomic E-state index is 5.83. The monoisotopic (exact) mass is 233 g/mol. The Labute approximate surface area is 98.6 Å². The van der Waals surface area contributed by atoms with E-state index in [-0.39, 0.29) is 0 Å². The summed E-state index contributed by atoms with van der Waals surface area (Å²) in [7, 11) is 0.